The maximum atomic E-state index is 10.9. The van der Waals surface area contributed by atoms with Crippen molar-refractivity contribution in [3.05, 3.63) is 23.8 Å². The number of hydrogen-bond donors (Lipinski definition) is 1. The summed E-state index contributed by atoms with van der Waals surface area (Å²) < 4.78 is 19.1. The van der Waals surface area contributed by atoms with E-state index in [1.165, 1.54) is 0 Å². The summed E-state index contributed by atoms with van der Waals surface area (Å²) in [6, 6.07) is 5.67. The minimum absolute atomic E-state index is 0.659. The van der Waals surface area contributed by atoms with Crippen LogP contribution in [0.1, 0.15) is 12.5 Å². The summed E-state index contributed by atoms with van der Waals surface area (Å²) in [5, 5.41) is 0. The Labute approximate surface area is 87.1 Å². The average Bonchev–Trinajstić information content (AvgIpc) is 2.10. The molecule has 0 heterocycles. The van der Waals surface area contributed by atoms with Crippen molar-refractivity contribution in [2.75, 3.05) is 17.6 Å². The van der Waals surface area contributed by atoms with Crippen LogP contribution < -0.4 is 9.46 Å². The second kappa shape index (κ2) is 5.00. The van der Waals surface area contributed by atoms with Crippen molar-refractivity contribution in [1.82, 2.24) is 0 Å². The summed E-state index contributed by atoms with van der Waals surface area (Å²) in [4.78, 5) is 0. The van der Waals surface area contributed by atoms with Gasteiger partial charge in [-0.15, -0.1) is 0 Å². The molecule has 0 fully saturated rings. The lowest BCUT2D eigenvalue weighted by molar-refractivity contribution is 0.340. The van der Waals surface area contributed by atoms with Crippen LogP contribution in [0.4, 0.5) is 5.69 Å². The van der Waals surface area contributed by atoms with E-state index in [4.69, 9.17) is 4.74 Å². The molecule has 0 spiro atoms. The average molecular weight is 213 g/mol. The molecule has 0 bridgehead atoms. The van der Waals surface area contributed by atoms with Crippen molar-refractivity contribution >= 4 is 16.7 Å². The highest BCUT2D eigenvalue weighted by Crippen LogP contribution is 2.21. The largest absolute Gasteiger partial charge is 0.494 e. The number of ether oxygens (including phenoxy) is 1. The normalized spacial score (nSPS) is 12.2. The molecule has 0 aliphatic heterocycles. The van der Waals surface area contributed by atoms with Gasteiger partial charge in [0.25, 0.3) is 0 Å². The van der Waals surface area contributed by atoms with E-state index in [1.807, 2.05) is 32.0 Å². The Morgan fingerprint density at radius 2 is 2.21 bits per heavy atom. The minimum atomic E-state index is -1.03. The molecule has 0 radical (unpaired) electrons. The van der Waals surface area contributed by atoms with Crippen LogP contribution in [0.3, 0.4) is 0 Å². The smallest absolute Gasteiger partial charge is 0.119 e. The number of nitrogens with one attached hydrogen (secondary N) is 1. The first-order chi connectivity index (χ1) is 6.63. The van der Waals surface area contributed by atoms with Gasteiger partial charge in [0.2, 0.25) is 0 Å². The zero-order valence-electron chi connectivity index (χ0n) is 8.66. The van der Waals surface area contributed by atoms with Crippen molar-refractivity contribution in [3.8, 4) is 5.75 Å². The zero-order valence-corrected chi connectivity index (χ0v) is 9.48. The van der Waals surface area contributed by atoms with E-state index < -0.39 is 11.0 Å². The van der Waals surface area contributed by atoms with Crippen molar-refractivity contribution in [2.45, 2.75) is 13.8 Å². The van der Waals surface area contributed by atoms with Gasteiger partial charge >= 0.3 is 0 Å². The summed E-state index contributed by atoms with van der Waals surface area (Å²) in [5.74, 6) is 0.845. The maximum Gasteiger partial charge on any atom is 0.119 e. The van der Waals surface area contributed by atoms with Gasteiger partial charge < -0.3 is 9.46 Å². The van der Waals surface area contributed by atoms with Crippen LogP contribution in [0, 0.1) is 6.92 Å². The molecule has 0 amide bonds. The van der Waals surface area contributed by atoms with Crippen LogP contribution >= 0.6 is 0 Å². The minimum Gasteiger partial charge on any atom is -0.494 e. The molecule has 0 aliphatic carbocycles. The molecule has 0 aromatic heterocycles. The van der Waals surface area contributed by atoms with Crippen LogP contribution in [0.5, 0.6) is 5.75 Å². The van der Waals surface area contributed by atoms with E-state index in [0.717, 1.165) is 17.0 Å². The van der Waals surface area contributed by atoms with Gasteiger partial charge in [-0.3, -0.25) is 0 Å². The van der Waals surface area contributed by atoms with Crippen molar-refractivity contribution in [1.29, 1.82) is 0 Å². The molecule has 1 unspecified atom stereocenters. The highest BCUT2D eigenvalue weighted by Gasteiger charge is 2.00. The lowest BCUT2D eigenvalue weighted by atomic mass is 10.2. The fraction of sp³-hybridized carbons (Fsp3) is 0.400. The molecule has 78 valence electrons. The summed E-state index contributed by atoms with van der Waals surface area (Å²) in [5.41, 5.74) is 1.92. The lowest BCUT2D eigenvalue weighted by Crippen LogP contribution is -2.03. The molecule has 0 saturated carbocycles. The highest BCUT2D eigenvalue weighted by atomic mass is 32.2. The molecule has 1 aromatic rings. The molecule has 1 N–H and O–H groups in total. The van der Waals surface area contributed by atoms with Crippen LogP contribution in [0.25, 0.3) is 0 Å². The molecule has 1 atom stereocenters. The zero-order chi connectivity index (χ0) is 10.6. The third-order valence-corrected chi connectivity index (χ3v) is 2.27. The summed E-state index contributed by atoms with van der Waals surface area (Å²) in [6.45, 7) is 4.56. The van der Waals surface area contributed by atoms with Gasteiger partial charge in [-0.1, -0.05) is 0 Å². The van der Waals surface area contributed by atoms with E-state index in [2.05, 4.69) is 4.72 Å². The number of rotatable bonds is 4. The molecule has 4 heteroatoms. The molecule has 0 aliphatic rings. The number of anilines is 1. The molecule has 1 rings (SSSR count). The van der Waals surface area contributed by atoms with Crippen molar-refractivity contribution in [2.24, 2.45) is 0 Å². The molecule has 14 heavy (non-hydrogen) atoms. The van der Waals surface area contributed by atoms with Gasteiger partial charge in [-0.2, -0.15) is 0 Å². The second-order valence-corrected chi connectivity index (χ2v) is 4.08. The van der Waals surface area contributed by atoms with E-state index >= 15 is 0 Å². The van der Waals surface area contributed by atoms with Gasteiger partial charge in [0.1, 0.15) is 16.7 Å². The number of benzene rings is 1. The maximum absolute atomic E-state index is 10.9. The predicted octanol–water partition coefficient (Wildman–Crippen LogP) is 2.10. The SMILES string of the molecule is CCOc1ccc(NS(C)=O)c(C)c1. The van der Waals surface area contributed by atoms with Gasteiger partial charge in [0, 0.05) is 11.9 Å². The molecule has 3 nitrogen and oxygen atoms in total. The Hall–Kier alpha value is -1.03. The molecular formula is C10H15NO2S. The Kier molecular flexibility index (Phi) is 3.95. The predicted molar refractivity (Wildman–Crippen MR) is 60.0 cm³/mol. The topological polar surface area (TPSA) is 38.3 Å². The van der Waals surface area contributed by atoms with E-state index in [-0.39, 0.29) is 0 Å². The van der Waals surface area contributed by atoms with Crippen LogP contribution in [-0.2, 0) is 11.0 Å². The Morgan fingerprint density at radius 1 is 1.50 bits per heavy atom. The Morgan fingerprint density at radius 3 is 2.71 bits per heavy atom. The Balaban J connectivity index is 2.84. The van der Waals surface area contributed by atoms with Crippen molar-refractivity contribution in [3.63, 3.8) is 0 Å². The van der Waals surface area contributed by atoms with Crippen LogP contribution in [0.2, 0.25) is 0 Å². The number of aryl methyl sites for hydroxylation is 1. The van der Waals surface area contributed by atoms with Crippen molar-refractivity contribution < 1.29 is 8.95 Å². The first-order valence-corrected chi connectivity index (χ1v) is 6.03. The van der Waals surface area contributed by atoms with Gasteiger partial charge in [-0.25, -0.2) is 4.21 Å². The van der Waals surface area contributed by atoms with E-state index in [0.29, 0.717) is 6.61 Å². The quantitative estimate of drug-likeness (QED) is 0.831. The van der Waals surface area contributed by atoms with Crippen LogP contribution in [0.15, 0.2) is 18.2 Å². The molecule has 0 saturated heterocycles. The van der Waals surface area contributed by atoms with E-state index in [1.54, 1.807) is 6.26 Å². The fourth-order valence-corrected chi connectivity index (χ4v) is 1.70. The lowest BCUT2D eigenvalue weighted by Gasteiger charge is -2.09. The molecule has 1 aromatic carbocycles. The first-order valence-electron chi connectivity index (χ1n) is 4.47. The van der Waals surface area contributed by atoms with Gasteiger partial charge in [0.15, 0.2) is 0 Å². The highest BCUT2D eigenvalue weighted by molar-refractivity contribution is 7.85. The first kappa shape index (κ1) is 11.0. The summed E-state index contributed by atoms with van der Waals surface area (Å²) in [6.07, 6.45) is 1.61. The standard InChI is InChI=1S/C10H15NO2S/c1-4-13-9-5-6-10(8(2)7-9)11-14(3)12/h5-7,11H,4H2,1-3H3. The molecular weight excluding hydrogens is 198 g/mol. The van der Waals surface area contributed by atoms with Gasteiger partial charge in [0.05, 0.1) is 6.61 Å². The third kappa shape index (κ3) is 3.03. The monoisotopic (exact) mass is 213 g/mol. The Bertz CT molecular complexity index is 339. The second-order valence-electron chi connectivity index (χ2n) is 2.97. The summed E-state index contributed by atoms with van der Waals surface area (Å²) >= 11 is 0. The van der Waals surface area contributed by atoms with Gasteiger partial charge in [-0.05, 0) is 37.6 Å². The van der Waals surface area contributed by atoms with Crippen LogP contribution in [-0.4, -0.2) is 17.1 Å². The number of hydrogen-bond acceptors (Lipinski definition) is 2. The third-order valence-electron chi connectivity index (χ3n) is 1.76. The summed E-state index contributed by atoms with van der Waals surface area (Å²) in [7, 11) is -1.03. The fourth-order valence-electron chi connectivity index (χ4n) is 1.16. The van der Waals surface area contributed by atoms with E-state index in [9.17, 15) is 4.21 Å².